The highest BCUT2D eigenvalue weighted by atomic mass is 16.1. The third-order valence-electron chi connectivity index (χ3n) is 2.44. The van der Waals surface area contributed by atoms with Crippen molar-refractivity contribution in [3.8, 4) is 0 Å². The van der Waals surface area contributed by atoms with Gasteiger partial charge in [0.15, 0.2) is 0 Å². The second-order valence-electron chi connectivity index (χ2n) is 4.31. The van der Waals surface area contributed by atoms with E-state index in [1.54, 1.807) is 12.3 Å². The Hall–Kier alpha value is -1.64. The summed E-state index contributed by atoms with van der Waals surface area (Å²) in [6, 6.07) is 5.59. The van der Waals surface area contributed by atoms with E-state index in [1.807, 2.05) is 39.0 Å². The molecule has 1 aromatic rings. The number of aromatic nitrogens is 1. The lowest BCUT2D eigenvalue weighted by atomic mass is 10.0. The summed E-state index contributed by atoms with van der Waals surface area (Å²) >= 11 is 0. The molecule has 0 spiro atoms. The molecule has 0 radical (unpaired) electrons. The van der Waals surface area contributed by atoms with Gasteiger partial charge in [0.2, 0.25) is 5.91 Å². The van der Waals surface area contributed by atoms with Crippen LogP contribution in [-0.4, -0.2) is 16.4 Å². The van der Waals surface area contributed by atoms with Gasteiger partial charge in [-0.3, -0.25) is 9.78 Å². The lowest BCUT2D eigenvalue weighted by molar-refractivity contribution is -0.117. The zero-order valence-corrected chi connectivity index (χ0v) is 10.0. The Labute approximate surface area is 96.6 Å². The molecule has 1 rings (SSSR count). The molecule has 86 valence electrons. The predicted octanol–water partition coefficient (Wildman–Crippen LogP) is 2.40. The Kier molecular flexibility index (Phi) is 4.23. The van der Waals surface area contributed by atoms with E-state index in [9.17, 15) is 4.79 Å². The topological polar surface area (TPSA) is 42.0 Å². The molecule has 0 fully saturated rings. The molecule has 0 atom stereocenters. The molecule has 1 aromatic heterocycles. The fourth-order valence-corrected chi connectivity index (χ4v) is 1.10. The third kappa shape index (κ3) is 4.26. The van der Waals surface area contributed by atoms with E-state index in [0.717, 1.165) is 12.1 Å². The smallest absolute Gasteiger partial charge is 0.244 e. The SMILES string of the molecule is CCC(C)(C)NC(=O)/C=C/c1ccccn1. The molecule has 3 heteroatoms. The molecule has 0 unspecified atom stereocenters. The molecule has 16 heavy (non-hydrogen) atoms. The first-order valence-corrected chi connectivity index (χ1v) is 5.45. The Morgan fingerprint density at radius 1 is 1.50 bits per heavy atom. The number of rotatable bonds is 4. The van der Waals surface area contributed by atoms with Gasteiger partial charge in [-0.05, 0) is 38.5 Å². The summed E-state index contributed by atoms with van der Waals surface area (Å²) in [5.74, 6) is -0.0856. The van der Waals surface area contributed by atoms with Gasteiger partial charge in [-0.15, -0.1) is 0 Å². The number of nitrogens with zero attached hydrogens (tertiary/aromatic N) is 1. The largest absolute Gasteiger partial charge is 0.348 e. The molecule has 0 aliphatic heterocycles. The highest BCUT2D eigenvalue weighted by Gasteiger charge is 2.15. The number of nitrogens with one attached hydrogen (secondary N) is 1. The molecule has 0 saturated carbocycles. The van der Waals surface area contributed by atoms with Gasteiger partial charge in [0.25, 0.3) is 0 Å². The maximum atomic E-state index is 11.6. The molecule has 1 amide bonds. The van der Waals surface area contributed by atoms with Gasteiger partial charge < -0.3 is 5.32 Å². The Balaban J connectivity index is 2.56. The molecule has 3 nitrogen and oxygen atoms in total. The first-order valence-electron chi connectivity index (χ1n) is 5.45. The van der Waals surface area contributed by atoms with Crippen molar-refractivity contribution in [3.63, 3.8) is 0 Å². The van der Waals surface area contributed by atoms with Gasteiger partial charge in [-0.2, -0.15) is 0 Å². The fourth-order valence-electron chi connectivity index (χ4n) is 1.10. The van der Waals surface area contributed by atoms with Crippen LogP contribution >= 0.6 is 0 Å². The van der Waals surface area contributed by atoms with Gasteiger partial charge in [-0.1, -0.05) is 13.0 Å². The molecular formula is C13H18N2O. The Morgan fingerprint density at radius 2 is 2.25 bits per heavy atom. The van der Waals surface area contributed by atoms with Crippen molar-refractivity contribution in [2.75, 3.05) is 0 Å². The van der Waals surface area contributed by atoms with Gasteiger partial charge in [0.1, 0.15) is 0 Å². The van der Waals surface area contributed by atoms with Crippen LogP contribution in [0, 0.1) is 0 Å². The summed E-state index contributed by atoms with van der Waals surface area (Å²) in [5, 5.41) is 2.92. The van der Waals surface area contributed by atoms with Crippen molar-refractivity contribution < 1.29 is 4.79 Å². The van der Waals surface area contributed by atoms with Crippen molar-refractivity contribution in [2.45, 2.75) is 32.7 Å². The van der Waals surface area contributed by atoms with Crippen LogP contribution < -0.4 is 5.32 Å². The summed E-state index contributed by atoms with van der Waals surface area (Å²) < 4.78 is 0. The number of pyridine rings is 1. The molecule has 0 aliphatic rings. The zero-order valence-electron chi connectivity index (χ0n) is 10.0. The van der Waals surface area contributed by atoms with Crippen LogP contribution in [-0.2, 0) is 4.79 Å². The molecule has 1 N–H and O–H groups in total. The second-order valence-corrected chi connectivity index (χ2v) is 4.31. The predicted molar refractivity (Wildman–Crippen MR) is 65.8 cm³/mol. The number of hydrogen-bond donors (Lipinski definition) is 1. The third-order valence-corrected chi connectivity index (χ3v) is 2.44. The van der Waals surface area contributed by atoms with E-state index >= 15 is 0 Å². The summed E-state index contributed by atoms with van der Waals surface area (Å²) in [7, 11) is 0. The molecule has 0 bridgehead atoms. The number of hydrogen-bond acceptors (Lipinski definition) is 2. The molecule has 1 heterocycles. The molecule has 0 aromatic carbocycles. The lowest BCUT2D eigenvalue weighted by Gasteiger charge is -2.23. The van der Waals surface area contributed by atoms with Crippen LogP contribution in [0.4, 0.5) is 0 Å². The van der Waals surface area contributed by atoms with E-state index in [4.69, 9.17) is 0 Å². The molecule has 0 aliphatic carbocycles. The summed E-state index contributed by atoms with van der Waals surface area (Å²) in [6.07, 6.45) is 5.82. The van der Waals surface area contributed by atoms with E-state index in [1.165, 1.54) is 6.08 Å². The van der Waals surface area contributed by atoms with E-state index in [2.05, 4.69) is 10.3 Å². The van der Waals surface area contributed by atoms with E-state index in [0.29, 0.717) is 0 Å². The fraction of sp³-hybridized carbons (Fsp3) is 0.385. The number of amides is 1. The second kappa shape index (κ2) is 5.45. The highest BCUT2D eigenvalue weighted by Crippen LogP contribution is 2.06. The van der Waals surface area contributed by atoms with E-state index in [-0.39, 0.29) is 11.4 Å². The standard InChI is InChI=1S/C13H18N2O/c1-4-13(2,3)15-12(16)9-8-11-7-5-6-10-14-11/h5-10H,4H2,1-3H3,(H,15,16)/b9-8+. The average Bonchev–Trinajstić information content (AvgIpc) is 2.27. The quantitative estimate of drug-likeness (QED) is 0.788. The summed E-state index contributed by atoms with van der Waals surface area (Å²) in [4.78, 5) is 15.7. The van der Waals surface area contributed by atoms with Crippen LogP contribution in [0.15, 0.2) is 30.5 Å². The van der Waals surface area contributed by atoms with Crippen LogP contribution in [0.25, 0.3) is 6.08 Å². The van der Waals surface area contributed by atoms with Gasteiger partial charge >= 0.3 is 0 Å². The van der Waals surface area contributed by atoms with Crippen LogP contribution in [0.2, 0.25) is 0 Å². The highest BCUT2D eigenvalue weighted by molar-refractivity contribution is 5.91. The maximum Gasteiger partial charge on any atom is 0.244 e. The first kappa shape index (κ1) is 12.4. The maximum absolute atomic E-state index is 11.6. The molecular weight excluding hydrogens is 200 g/mol. The average molecular weight is 218 g/mol. The van der Waals surface area contributed by atoms with Crippen molar-refractivity contribution in [2.24, 2.45) is 0 Å². The minimum atomic E-state index is -0.161. The van der Waals surface area contributed by atoms with Crippen LogP contribution in [0.3, 0.4) is 0 Å². The minimum Gasteiger partial charge on any atom is -0.348 e. The molecule has 0 saturated heterocycles. The zero-order chi connectivity index (χ0) is 12.0. The van der Waals surface area contributed by atoms with Crippen LogP contribution in [0.5, 0.6) is 0 Å². The number of carbonyl (C=O) groups excluding carboxylic acids is 1. The lowest BCUT2D eigenvalue weighted by Crippen LogP contribution is -2.41. The van der Waals surface area contributed by atoms with Crippen molar-refractivity contribution in [3.05, 3.63) is 36.2 Å². The van der Waals surface area contributed by atoms with Crippen molar-refractivity contribution in [1.29, 1.82) is 0 Å². The Bertz CT molecular complexity index is 369. The van der Waals surface area contributed by atoms with Crippen molar-refractivity contribution in [1.82, 2.24) is 10.3 Å². The summed E-state index contributed by atoms with van der Waals surface area (Å²) in [6.45, 7) is 6.04. The Morgan fingerprint density at radius 3 is 2.81 bits per heavy atom. The first-order chi connectivity index (χ1) is 7.53. The normalized spacial score (nSPS) is 11.7. The van der Waals surface area contributed by atoms with Gasteiger partial charge in [-0.25, -0.2) is 0 Å². The minimum absolute atomic E-state index is 0.0856. The van der Waals surface area contributed by atoms with E-state index < -0.39 is 0 Å². The van der Waals surface area contributed by atoms with Gasteiger partial charge in [0.05, 0.1) is 5.69 Å². The van der Waals surface area contributed by atoms with Crippen molar-refractivity contribution >= 4 is 12.0 Å². The summed E-state index contributed by atoms with van der Waals surface area (Å²) in [5.41, 5.74) is 0.623. The monoisotopic (exact) mass is 218 g/mol. The van der Waals surface area contributed by atoms with Crippen LogP contribution in [0.1, 0.15) is 32.9 Å². The van der Waals surface area contributed by atoms with Gasteiger partial charge in [0, 0.05) is 17.8 Å². The number of carbonyl (C=O) groups is 1.